The molecule has 0 heterocycles. The number of hydrogen-bond acceptors (Lipinski definition) is 1. The zero-order chi connectivity index (χ0) is 12.7. The number of rotatable bonds is 7. The SMILES string of the molecule is CCCCC(CC)Cc1ccc(C(C)=O)cc1. The normalized spacial score (nSPS) is 12.4. The van der Waals surface area contributed by atoms with E-state index in [0.717, 1.165) is 17.9 Å². The second kappa shape index (κ2) is 7.26. The predicted molar refractivity (Wildman–Crippen MR) is 73.5 cm³/mol. The maximum absolute atomic E-state index is 11.2. The maximum atomic E-state index is 11.2. The van der Waals surface area contributed by atoms with Crippen molar-refractivity contribution >= 4 is 5.78 Å². The zero-order valence-electron chi connectivity index (χ0n) is 11.3. The molecule has 0 aromatic heterocycles. The van der Waals surface area contributed by atoms with Gasteiger partial charge in [0, 0.05) is 5.56 Å². The zero-order valence-corrected chi connectivity index (χ0v) is 11.3. The summed E-state index contributed by atoms with van der Waals surface area (Å²) in [7, 11) is 0. The van der Waals surface area contributed by atoms with Gasteiger partial charge in [-0.3, -0.25) is 4.79 Å². The highest BCUT2D eigenvalue weighted by Crippen LogP contribution is 2.18. The Balaban J connectivity index is 2.57. The molecule has 1 atom stereocenters. The predicted octanol–water partition coefficient (Wildman–Crippen LogP) is 4.65. The lowest BCUT2D eigenvalue weighted by Gasteiger charge is -2.14. The fourth-order valence-corrected chi connectivity index (χ4v) is 2.15. The van der Waals surface area contributed by atoms with Gasteiger partial charge in [-0.05, 0) is 24.8 Å². The molecule has 0 radical (unpaired) electrons. The largest absolute Gasteiger partial charge is 0.295 e. The van der Waals surface area contributed by atoms with Gasteiger partial charge in [0.2, 0.25) is 0 Å². The third kappa shape index (κ3) is 4.72. The molecule has 0 N–H and O–H groups in total. The minimum Gasteiger partial charge on any atom is -0.295 e. The molecule has 0 saturated heterocycles. The fraction of sp³-hybridized carbons (Fsp3) is 0.562. The van der Waals surface area contributed by atoms with Crippen LogP contribution in [0.3, 0.4) is 0 Å². The van der Waals surface area contributed by atoms with E-state index in [0.29, 0.717) is 0 Å². The molecule has 0 amide bonds. The Morgan fingerprint density at radius 3 is 2.29 bits per heavy atom. The van der Waals surface area contributed by atoms with Crippen LogP contribution in [-0.4, -0.2) is 5.78 Å². The van der Waals surface area contributed by atoms with E-state index in [4.69, 9.17) is 0 Å². The molecule has 1 nitrogen and oxygen atoms in total. The summed E-state index contributed by atoms with van der Waals surface area (Å²) in [5, 5.41) is 0. The van der Waals surface area contributed by atoms with Crippen LogP contribution in [0.5, 0.6) is 0 Å². The second-order valence-corrected chi connectivity index (χ2v) is 4.87. The first-order valence-electron chi connectivity index (χ1n) is 6.77. The van der Waals surface area contributed by atoms with Gasteiger partial charge in [-0.2, -0.15) is 0 Å². The van der Waals surface area contributed by atoms with Crippen molar-refractivity contribution in [1.29, 1.82) is 0 Å². The maximum Gasteiger partial charge on any atom is 0.159 e. The highest BCUT2D eigenvalue weighted by atomic mass is 16.1. The Kier molecular flexibility index (Phi) is 5.96. The minimum atomic E-state index is 0.148. The first-order valence-corrected chi connectivity index (χ1v) is 6.77. The van der Waals surface area contributed by atoms with Crippen LogP contribution in [0.15, 0.2) is 24.3 Å². The molecule has 0 aliphatic rings. The van der Waals surface area contributed by atoms with Crippen LogP contribution < -0.4 is 0 Å². The quantitative estimate of drug-likeness (QED) is 0.625. The van der Waals surface area contributed by atoms with E-state index in [1.54, 1.807) is 6.92 Å². The van der Waals surface area contributed by atoms with Gasteiger partial charge in [-0.15, -0.1) is 0 Å². The van der Waals surface area contributed by atoms with Crippen LogP contribution in [-0.2, 0) is 6.42 Å². The van der Waals surface area contributed by atoms with Crippen LogP contribution in [0.4, 0.5) is 0 Å². The standard InChI is InChI=1S/C16H24O/c1-4-6-7-14(5-2)12-15-8-10-16(11-9-15)13(3)17/h8-11,14H,4-7,12H2,1-3H3. The van der Waals surface area contributed by atoms with Gasteiger partial charge >= 0.3 is 0 Å². The molecule has 0 aliphatic carbocycles. The van der Waals surface area contributed by atoms with Gasteiger partial charge in [0.05, 0.1) is 0 Å². The lowest BCUT2D eigenvalue weighted by Crippen LogP contribution is -2.03. The van der Waals surface area contributed by atoms with Gasteiger partial charge in [0.25, 0.3) is 0 Å². The monoisotopic (exact) mass is 232 g/mol. The van der Waals surface area contributed by atoms with Crippen molar-refractivity contribution in [3.05, 3.63) is 35.4 Å². The molecule has 94 valence electrons. The van der Waals surface area contributed by atoms with Crippen molar-refractivity contribution in [3.8, 4) is 0 Å². The molecule has 1 aromatic carbocycles. The number of unbranched alkanes of at least 4 members (excludes halogenated alkanes) is 1. The van der Waals surface area contributed by atoms with Crippen LogP contribution in [0.25, 0.3) is 0 Å². The molecule has 0 bridgehead atoms. The van der Waals surface area contributed by atoms with E-state index in [2.05, 4.69) is 26.0 Å². The van der Waals surface area contributed by atoms with Crippen molar-refractivity contribution in [2.45, 2.75) is 52.9 Å². The number of benzene rings is 1. The van der Waals surface area contributed by atoms with Crippen molar-refractivity contribution in [2.75, 3.05) is 0 Å². The number of ketones is 1. The summed E-state index contributed by atoms with van der Waals surface area (Å²) in [6, 6.07) is 8.10. The second-order valence-electron chi connectivity index (χ2n) is 4.87. The molecule has 0 fully saturated rings. The molecule has 1 heteroatoms. The Morgan fingerprint density at radius 1 is 1.18 bits per heavy atom. The van der Waals surface area contributed by atoms with Gasteiger partial charge in [0.15, 0.2) is 5.78 Å². The number of carbonyl (C=O) groups is 1. The summed E-state index contributed by atoms with van der Waals surface area (Å²) in [5.41, 5.74) is 2.17. The molecule has 0 saturated carbocycles. The van der Waals surface area contributed by atoms with Crippen molar-refractivity contribution in [2.24, 2.45) is 5.92 Å². The van der Waals surface area contributed by atoms with E-state index < -0.39 is 0 Å². The van der Waals surface area contributed by atoms with E-state index >= 15 is 0 Å². The van der Waals surface area contributed by atoms with E-state index in [1.807, 2.05) is 12.1 Å². The Labute approximate surface area is 105 Å². The topological polar surface area (TPSA) is 17.1 Å². The van der Waals surface area contributed by atoms with Crippen LogP contribution in [0.1, 0.15) is 62.4 Å². The molecular weight excluding hydrogens is 208 g/mol. The summed E-state index contributed by atoms with van der Waals surface area (Å²) < 4.78 is 0. The van der Waals surface area contributed by atoms with Gasteiger partial charge in [-0.1, -0.05) is 63.8 Å². The molecule has 1 unspecified atom stereocenters. The summed E-state index contributed by atoms with van der Waals surface area (Å²) in [4.78, 5) is 11.2. The molecular formula is C16H24O. The van der Waals surface area contributed by atoms with Crippen LogP contribution in [0.2, 0.25) is 0 Å². The number of carbonyl (C=O) groups excluding carboxylic acids is 1. The average Bonchev–Trinajstić information content (AvgIpc) is 2.35. The Bertz CT molecular complexity index is 337. The van der Waals surface area contributed by atoms with Gasteiger partial charge in [0.1, 0.15) is 0 Å². The number of Topliss-reactive ketones (excluding diaryl/α,β-unsaturated/α-hetero) is 1. The van der Waals surface area contributed by atoms with Gasteiger partial charge in [-0.25, -0.2) is 0 Å². The summed E-state index contributed by atoms with van der Waals surface area (Å²) in [6.45, 7) is 6.13. The van der Waals surface area contributed by atoms with Crippen LogP contribution in [0, 0.1) is 5.92 Å². The average molecular weight is 232 g/mol. The summed E-state index contributed by atoms with van der Waals surface area (Å²) >= 11 is 0. The molecule has 0 spiro atoms. The lowest BCUT2D eigenvalue weighted by atomic mass is 9.91. The lowest BCUT2D eigenvalue weighted by molar-refractivity contribution is 0.101. The van der Waals surface area contributed by atoms with Gasteiger partial charge < -0.3 is 0 Å². The third-order valence-corrected chi connectivity index (χ3v) is 3.43. The first-order chi connectivity index (χ1) is 8.17. The summed E-state index contributed by atoms with van der Waals surface area (Å²) in [5.74, 6) is 0.938. The van der Waals surface area contributed by atoms with Crippen molar-refractivity contribution in [3.63, 3.8) is 0 Å². The van der Waals surface area contributed by atoms with Crippen LogP contribution >= 0.6 is 0 Å². The van der Waals surface area contributed by atoms with E-state index in [9.17, 15) is 4.79 Å². The molecule has 1 rings (SSSR count). The van der Waals surface area contributed by atoms with Crippen molar-refractivity contribution in [1.82, 2.24) is 0 Å². The summed E-state index contributed by atoms with van der Waals surface area (Å²) in [6.07, 6.45) is 6.31. The minimum absolute atomic E-state index is 0.148. The Morgan fingerprint density at radius 2 is 1.82 bits per heavy atom. The third-order valence-electron chi connectivity index (χ3n) is 3.43. The highest BCUT2D eigenvalue weighted by Gasteiger charge is 2.07. The Hall–Kier alpha value is -1.11. The van der Waals surface area contributed by atoms with E-state index in [-0.39, 0.29) is 5.78 Å². The van der Waals surface area contributed by atoms with Crippen molar-refractivity contribution < 1.29 is 4.79 Å². The van der Waals surface area contributed by atoms with E-state index in [1.165, 1.54) is 31.2 Å². The number of hydrogen-bond donors (Lipinski definition) is 0. The molecule has 17 heavy (non-hydrogen) atoms. The highest BCUT2D eigenvalue weighted by molar-refractivity contribution is 5.93. The smallest absolute Gasteiger partial charge is 0.159 e. The molecule has 0 aliphatic heterocycles. The molecule has 1 aromatic rings. The first kappa shape index (κ1) is 14.0. The fourth-order valence-electron chi connectivity index (χ4n) is 2.15.